The van der Waals surface area contributed by atoms with E-state index >= 15 is 0 Å². The van der Waals surface area contributed by atoms with Crippen LogP contribution >= 0.6 is 0 Å². The molecule has 1 unspecified atom stereocenters. The van der Waals surface area contributed by atoms with E-state index in [0.717, 1.165) is 18.8 Å². The third-order valence-electron chi connectivity index (χ3n) is 3.73. The normalized spacial score (nSPS) is 13.3. The third-order valence-corrected chi connectivity index (χ3v) is 3.73. The smallest absolute Gasteiger partial charge is 0.410 e. The van der Waals surface area contributed by atoms with Crippen molar-refractivity contribution in [1.29, 1.82) is 0 Å². The second kappa shape index (κ2) is 9.98. The Hall–Kier alpha value is -2.32. The van der Waals surface area contributed by atoms with E-state index < -0.39 is 5.60 Å². The highest BCUT2D eigenvalue weighted by atomic mass is 16.6. The Morgan fingerprint density at radius 3 is 2.65 bits per heavy atom. The molecule has 0 aromatic carbocycles. The minimum atomic E-state index is -0.492. The Morgan fingerprint density at radius 1 is 1.42 bits per heavy atom. The zero-order valence-corrected chi connectivity index (χ0v) is 17.0. The number of ether oxygens (including phenoxy) is 1. The molecule has 1 aromatic rings. The fourth-order valence-corrected chi connectivity index (χ4v) is 2.06. The maximum atomic E-state index is 12.1. The molecule has 9 heteroatoms. The number of aromatic nitrogens is 3. The first kappa shape index (κ1) is 21.7. The Labute approximate surface area is 156 Å². The number of amides is 1. The summed E-state index contributed by atoms with van der Waals surface area (Å²) in [7, 11) is 3.60. The van der Waals surface area contributed by atoms with E-state index in [4.69, 9.17) is 4.74 Å². The molecule has 9 nitrogen and oxygen atoms in total. The van der Waals surface area contributed by atoms with Crippen LogP contribution in [0.2, 0.25) is 0 Å². The summed E-state index contributed by atoms with van der Waals surface area (Å²) in [5, 5.41) is 10.5. The van der Waals surface area contributed by atoms with Crippen molar-refractivity contribution < 1.29 is 9.53 Å². The number of aryl methyl sites for hydroxylation is 1. The minimum Gasteiger partial charge on any atom is -0.444 e. The van der Waals surface area contributed by atoms with E-state index in [0.29, 0.717) is 19.0 Å². The zero-order chi connectivity index (χ0) is 19.7. The van der Waals surface area contributed by atoms with Gasteiger partial charge in [0.05, 0.1) is 0 Å². The number of hydrogen-bond donors (Lipinski definition) is 2. The standard InChI is InChI=1S/C17H33N7O2/c1-8-18-15(20-11-14-21-12-22-24(14)7)19-10-9-13(2)23(6)16(25)26-17(3,4)5/h12-13H,8-11H2,1-7H3,(H2,18,19,20). The lowest BCUT2D eigenvalue weighted by Crippen LogP contribution is -2.42. The third kappa shape index (κ3) is 7.71. The number of nitrogens with one attached hydrogen (secondary N) is 2. The van der Waals surface area contributed by atoms with Crippen LogP contribution < -0.4 is 10.6 Å². The topological polar surface area (TPSA) is 96.7 Å². The van der Waals surface area contributed by atoms with Gasteiger partial charge in [0.15, 0.2) is 5.96 Å². The van der Waals surface area contributed by atoms with Crippen LogP contribution in [0.25, 0.3) is 0 Å². The molecule has 0 aliphatic heterocycles. The summed E-state index contributed by atoms with van der Waals surface area (Å²) in [5.74, 6) is 1.50. The zero-order valence-electron chi connectivity index (χ0n) is 17.0. The van der Waals surface area contributed by atoms with E-state index in [1.54, 1.807) is 16.6 Å². The highest BCUT2D eigenvalue weighted by Gasteiger charge is 2.22. The van der Waals surface area contributed by atoms with Gasteiger partial charge in [0.25, 0.3) is 0 Å². The highest BCUT2D eigenvalue weighted by molar-refractivity contribution is 5.79. The van der Waals surface area contributed by atoms with Crippen LogP contribution in [0.3, 0.4) is 0 Å². The molecule has 1 heterocycles. The van der Waals surface area contributed by atoms with Crippen molar-refractivity contribution in [2.75, 3.05) is 20.1 Å². The average molecular weight is 367 g/mol. The number of guanidine groups is 1. The highest BCUT2D eigenvalue weighted by Crippen LogP contribution is 2.11. The van der Waals surface area contributed by atoms with Gasteiger partial charge < -0.3 is 20.3 Å². The molecule has 1 atom stereocenters. The summed E-state index contributed by atoms with van der Waals surface area (Å²) in [6.45, 7) is 11.5. The van der Waals surface area contributed by atoms with Gasteiger partial charge in [-0.05, 0) is 41.0 Å². The van der Waals surface area contributed by atoms with E-state index in [2.05, 4.69) is 25.7 Å². The maximum Gasteiger partial charge on any atom is 0.410 e. The Morgan fingerprint density at radius 2 is 2.12 bits per heavy atom. The Bertz CT molecular complexity index is 592. The summed E-state index contributed by atoms with van der Waals surface area (Å²) in [5.41, 5.74) is -0.492. The van der Waals surface area contributed by atoms with Crippen molar-refractivity contribution in [3.63, 3.8) is 0 Å². The van der Waals surface area contributed by atoms with E-state index in [1.807, 2.05) is 41.7 Å². The number of nitrogens with zero attached hydrogens (tertiary/aromatic N) is 5. The molecular weight excluding hydrogens is 334 g/mol. The quantitative estimate of drug-likeness (QED) is 0.560. The predicted molar refractivity (Wildman–Crippen MR) is 102 cm³/mol. The van der Waals surface area contributed by atoms with Crippen molar-refractivity contribution in [2.45, 2.75) is 59.2 Å². The molecule has 148 valence electrons. The summed E-state index contributed by atoms with van der Waals surface area (Å²) in [4.78, 5) is 22.4. The summed E-state index contributed by atoms with van der Waals surface area (Å²) in [6.07, 6.45) is 1.97. The van der Waals surface area contributed by atoms with Gasteiger partial charge in [0.2, 0.25) is 0 Å². The monoisotopic (exact) mass is 367 g/mol. The van der Waals surface area contributed by atoms with E-state index in [1.165, 1.54) is 6.33 Å². The fraction of sp³-hybridized carbons (Fsp3) is 0.765. The maximum absolute atomic E-state index is 12.1. The lowest BCUT2D eigenvalue weighted by molar-refractivity contribution is 0.0230. The van der Waals surface area contributed by atoms with Crippen molar-refractivity contribution >= 4 is 12.1 Å². The summed E-state index contributed by atoms with van der Waals surface area (Å²) in [6, 6.07) is 0.0407. The number of hydrogen-bond acceptors (Lipinski definition) is 5. The molecule has 0 saturated heterocycles. The van der Waals surface area contributed by atoms with Gasteiger partial charge >= 0.3 is 6.09 Å². The molecule has 0 radical (unpaired) electrons. The van der Waals surface area contributed by atoms with Gasteiger partial charge in [-0.1, -0.05) is 0 Å². The van der Waals surface area contributed by atoms with Crippen LogP contribution in [0.15, 0.2) is 11.3 Å². The van der Waals surface area contributed by atoms with Gasteiger partial charge in [0, 0.05) is 33.2 Å². The first-order valence-corrected chi connectivity index (χ1v) is 8.95. The van der Waals surface area contributed by atoms with Crippen molar-refractivity contribution in [2.24, 2.45) is 12.0 Å². The van der Waals surface area contributed by atoms with Gasteiger partial charge in [-0.15, -0.1) is 0 Å². The van der Waals surface area contributed by atoms with Crippen LogP contribution in [0, 0.1) is 0 Å². The minimum absolute atomic E-state index is 0.0407. The van der Waals surface area contributed by atoms with Crippen molar-refractivity contribution in [3.05, 3.63) is 12.2 Å². The molecule has 0 saturated carbocycles. The van der Waals surface area contributed by atoms with Crippen LogP contribution in [-0.2, 0) is 18.3 Å². The molecule has 1 aromatic heterocycles. The molecule has 26 heavy (non-hydrogen) atoms. The van der Waals surface area contributed by atoms with Crippen LogP contribution in [0.5, 0.6) is 0 Å². The molecular formula is C17H33N7O2. The van der Waals surface area contributed by atoms with Gasteiger partial charge in [-0.2, -0.15) is 5.10 Å². The average Bonchev–Trinajstić information content (AvgIpc) is 2.95. The van der Waals surface area contributed by atoms with Crippen LogP contribution in [-0.4, -0.2) is 63.5 Å². The summed E-state index contributed by atoms with van der Waals surface area (Å²) >= 11 is 0. The molecule has 0 bridgehead atoms. The number of carbonyl (C=O) groups is 1. The number of carbonyl (C=O) groups excluding carboxylic acids is 1. The molecule has 0 spiro atoms. The Balaban J connectivity index is 2.48. The predicted octanol–water partition coefficient (Wildman–Crippen LogP) is 1.52. The van der Waals surface area contributed by atoms with Crippen molar-refractivity contribution in [1.82, 2.24) is 30.3 Å². The fourth-order valence-electron chi connectivity index (χ4n) is 2.06. The largest absolute Gasteiger partial charge is 0.444 e. The van der Waals surface area contributed by atoms with E-state index in [9.17, 15) is 4.79 Å². The second-order valence-electron chi connectivity index (χ2n) is 7.15. The molecule has 2 N–H and O–H groups in total. The molecule has 1 amide bonds. The molecule has 0 aliphatic rings. The first-order chi connectivity index (χ1) is 12.1. The van der Waals surface area contributed by atoms with Crippen LogP contribution in [0.4, 0.5) is 4.79 Å². The molecule has 0 fully saturated rings. The Kier molecular flexibility index (Phi) is 8.34. The lowest BCUT2D eigenvalue weighted by atomic mass is 10.2. The lowest BCUT2D eigenvalue weighted by Gasteiger charge is -2.28. The number of aliphatic imine (C=N–C) groups is 1. The first-order valence-electron chi connectivity index (χ1n) is 8.95. The summed E-state index contributed by atoms with van der Waals surface area (Å²) < 4.78 is 7.09. The van der Waals surface area contributed by atoms with Crippen molar-refractivity contribution in [3.8, 4) is 0 Å². The van der Waals surface area contributed by atoms with Gasteiger partial charge in [-0.3, -0.25) is 4.68 Å². The molecule has 0 aliphatic carbocycles. The van der Waals surface area contributed by atoms with Gasteiger partial charge in [0.1, 0.15) is 24.3 Å². The van der Waals surface area contributed by atoms with E-state index in [-0.39, 0.29) is 12.1 Å². The van der Waals surface area contributed by atoms with Crippen LogP contribution in [0.1, 0.15) is 46.9 Å². The molecule has 1 rings (SSSR count). The SMILES string of the molecule is CCNC(=NCc1ncnn1C)NCCC(C)N(C)C(=O)OC(C)(C)C. The van der Waals surface area contributed by atoms with Gasteiger partial charge in [-0.25, -0.2) is 14.8 Å². The second-order valence-corrected chi connectivity index (χ2v) is 7.15. The number of rotatable bonds is 7.